The quantitative estimate of drug-likeness (QED) is 0.411. The molecule has 3 aliphatic rings. The number of carbonyl (C=O) groups is 4. The zero-order chi connectivity index (χ0) is 32.5. The number of fused-ring (bicyclic) bond motifs is 3. The Morgan fingerprint density at radius 2 is 1.87 bits per heavy atom. The van der Waals surface area contributed by atoms with Gasteiger partial charge >= 0.3 is 6.09 Å². The fraction of sp³-hybridized carbons (Fsp3) is 0.629. The number of imidazole rings is 1. The molecule has 0 bridgehead atoms. The molecule has 0 radical (unpaired) electrons. The number of amides is 2. The van der Waals surface area contributed by atoms with Gasteiger partial charge in [-0.15, -0.1) is 0 Å². The van der Waals surface area contributed by atoms with E-state index >= 15 is 0 Å². The Balaban J connectivity index is 1.45. The molecule has 244 valence electrons. The molecule has 1 aromatic heterocycles. The van der Waals surface area contributed by atoms with Gasteiger partial charge in [0.25, 0.3) is 6.01 Å². The number of benzene rings is 1. The lowest BCUT2D eigenvalue weighted by Crippen LogP contribution is -2.52. The molecule has 5 atom stereocenters. The lowest BCUT2D eigenvalue weighted by molar-refractivity contribution is -0.140. The van der Waals surface area contributed by atoms with Gasteiger partial charge in [-0.05, 0) is 85.3 Å². The van der Waals surface area contributed by atoms with E-state index in [2.05, 4.69) is 31.3 Å². The van der Waals surface area contributed by atoms with Crippen molar-refractivity contribution in [2.24, 2.45) is 11.3 Å². The Labute approximate surface area is 265 Å². The molecule has 45 heavy (non-hydrogen) atoms. The summed E-state index contributed by atoms with van der Waals surface area (Å²) in [6.07, 6.45) is 7.88. The van der Waals surface area contributed by atoms with Gasteiger partial charge in [-0.25, -0.2) is 4.79 Å². The van der Waals surface area contributed by atoms with Crippen molar-refractivity contribution in [2.45, 2.75) is 123 Å². The molecule has 0 spiro atoms. The van der Waals surface area contributed by atoms with Crippen LogP contribution in [0.5, 0.6) is 6.01 Å². The summed E-state index contributed by atoms with van der Waals surface area (Å²) in [6, 6.07) is 6.68. The standard InChI is InChI=1S/C35H48N4O6/c1-22(2)39-28-17-13-12-15-26(28)36-32(39)44-25-18-29-30(41)20-35(23(3)40)19-24(35)14-10-8-7-9-11-16-27(31(42)38(29)21-25)37-33(43)45-34(4,5)6/h10,12-15,17,22,24-25,27,29H,7-9,11,16,18-21H2,1-6H3,(H,37,43)/b14-10-/t24-,25-,27+,29+,35+/m1/s1. The van der Waals surface area contributed by atoms with E-state index in [0.29, 0.717) is 18.9 Å². The van der Waals surface area contributed by atoms with Crippen molar-refractivity contribution in [3.05, 3.63) is 36.4 Å². The normalized spacial score (nSPS) is 28.6. The summed E-state index contributed by atoms with van der Waals surface area (Å²) >= 11 is 0. The number of ether oxygens (including phenoxy) is 2. The van der Waals surface area contributed by atoms with Crippen molar-refractivity contribution < 1.29 is 28.7 Å². The van der Waals surface area contributed by atoms with Gasteiger partial charge in [0.05, 0.1) is 23.6 Å². The number of para-hydroxylation sites is 2. The SMILES string of the molecule is CC(=O)[C@]12CC(=O)[C@@H]3C[C@@H](Oc4nc5ccccc5n4C(C)C)CN3C(=O)[C@@H](NC(=O)OC(C)(C)C)CCCCC/C=C\[C@@H]1C2. The van der Waals surface area contributed by atoms with Crippen molar-refractivity contribution in [3.63, 3.8) is 0 Å². The van der Waals surface area contributed by atoms with E-state index in [0.717, 1.165) is 36.7 Å². The predicted molar refractivity (Wildman–Crippen MR) is 171 cm³/mol. The number of ketones is 2. The molecule has 5 rings (SSSR count). The van der Waals surface area contributed by atoms with Crippen molar-refractivity contribution in [2.75, 3.05) is 6.54 Å². The first kappa shape index (κ1) is 32.7. The second-order valence-corrected chi connectivity index (χ2v) is 14.3. The maximum Gasteiger partial charge on any atom is 0.408 e. The average Bonchev–Trinajstić information content (AvgIpc) is 3.29. The van der Waals surface area contributed by atoms with Crippen LogP contribution in [0.4, 0.5) is 4.79 Å². The molecule has 1 aliphatic carbocycles. The molecule has 10 nitrogen and oxygen atoms in total. The summed E-state index contributed by atoms with van der Waals surface area (Å²) in [6.45, 7) is 11.2. The Morgan fingerprint density at radius 1 is 1.11 bits per heavy atom. The number of carbonyl (C=O) groups excluding carboxylic acids is 4. The minimum Gasteiger partial charge on any atom is -0.459 e. The van der Waals surface area contributed by atoms with Gasteiger partial charge in [-0.2, -0.15) is 4.98 Å². The second kappa shape index (κ2) is 13.0. The average molecular weight is 621 g/mol. The molecule has 1 aromatic carbocycles. The highest BCUT2D eigenvalue weighted by Gasteiger charge is 2.58. The zero-order valence-corrected chi connectivity index (χ0v) is 27.5. The molecule has 1 N–H and O–H groups in total. The van der Waals surface area contributed by atoms with Gasteiger partial charge in [-0.3, -0.25) is 19.0 Å². The smallest absolute Gasteiger partial charge is 0.408 e. The van der Waals surface area contributed by atoms with E-state index in [-0.39, 0.29) is 48.8 Å². The van der Waals surface area contributed by atoms with Gasteiger partial charge in [-0.1, -0.05) is 37.1 Å². The number of hydrogen-bond acceptors (Lipinski definition) is 7. The number of alkyl carbamates (subject to hydrolysis) is 1. The van der Waals surface area contributed by atoms with Crippen LogP contribution in [-0.2, 0) is 19.1 Å². The van der Waals surface area contributed by atoms with Crippen LogP contribution in [0, 0.1) is 11.3 Å². The van der Waals surface area contributed by atoms with E-state index < -0.39 is 35.3 Å². The third-order valence-electron chi connectivity index (χ3n) is 9.32. The summed E-state index contributed by atoms with van der Waals surface area (Å²) in [5.41, 5.74) is 0.300. The molecule has 2 fully saturated rings. The molecule has 2 aliphatic heterocycles. The highest BCUT2D eigenvalue weighted by molar-refractivity contribution is 5.97. The van der Waals surface area contributed by atoms with Crippen LogP contribution in [0.2, 0.25) is 0 Å². The van der Waals surface area contributed by atoms with Crippen LogP contribution >= 0.6 is 0 Å². The number of Topliss-reactive ketones (excluding diaryl/α,β-unsaturated/α-hetero) is 2. The van der Waals surface area contributed by atoms with Gasteiger partial charge < -0.3 is 19.7 Å². The summed E-state index contributed by atoms with van der Waals surface area (Å²) < 4.78 is 14.0. The Hall–Kier alpha value is -3.69. The molecule has 1 saturated heterocycles. The predicted octanol–water partition coefficient (Wildman–Crippen LogP) is 5.93. The van der Waals surface area contributed by atoms with Crippen LogP contribution in [0.15, 0.2) is 36.4 Å². The third-order valence-corrected chi connectivity index (χ3v) is 9.32. The lowest BCUT2D eigenvalue weighted by atomic mass is 9.89. The van der Waals surface area contributed by atoms with E-state index in [1.165, 1.54) is 0 Å². The van der Waals surface area contributed by atoms with Crippen LogP contribution < -0.4 is 10.1 Å². The maximum atomic E-state index is 14.3. The number of nitrogens with zero attached hydrogens (tertiary/aromatic N) is 3. The van der Waals surface area contributed by atoms with Crippen molar-refractivity contribution in [1.29, 1.82) is 0 Å². The summed E-state index contributed by atoms with van der Waals surface area (Å²) in [5.74, 6) is -0.438. The third kappa shape index (κ3) is 7.25. The van der Waals surface area contributed by atoms with Gasteiger partial charge in [0.15, 0.2) is 5.78 Å². The van der Waals surface area contributed by atoms with E-state index in [9.17, 15) is 19.2 Å². The first-order valence-corrected chi connectivity index (χ1v) is 16.4. The van der Waals surface area contributed by atoms with Crippen LogP contribution in [0.3, 0.4) is 0 Å². The number of nitrogens with one attached hydrogen (secondary N) is 1. The molecule has 3 heterocycles. The summed E-state index contributed by atoms with van der Waals surface area (Å²) in [5, 5.41) is 2.80. The van der Waals surface area contributed by atoms with E-state index in [1.54, 1.807) is 32.6 Å². The zero-order valence-electron chi connectivity index (χ0n) is 27.5. The molecule has 2 aromatic rings. The fourth-order valence-corrected chi connectivity index (χ4v) is 6.89. The summed E-state index contributed by atoms with van der Waals surface area (Å²) in [4.78, 5) is 60.4. The molecule has 10 heteroatoms. The molecular weight excluding hydrogens is 572 g/mol. The first-order valence-electron chi connectivity index (χ1n) is 16.4. The van der Waals surface area contributed by atoms with Gasteiger partial charge in [0.2, 0.25) is 5.91 Å². The number of aromatic nitrogens is 2. The highest BCUT2D eigenvalue weighted by atomic mass is 16.6. The van der Waals surface area contributed by atoms with Crippen LogP contribution in [0.25, 0.3) is 11.0 Å². The molecule has 2 amide bonds. The maximum absolute atomic E-state index is 14.3. The Kier molecular flexibility index (Phi) is 9.42. The van der Waals surface area contributed by atoms with E-state index in [4.69, 9.17) is 14.5 Å². The Bertz CT molecular complexity index is 1470. The van der Waals surface area contributed by atoms with Crippen LogP contribution in [0.1, 0.15) is 99.0 Å². The van der Waals surface area contributed by atoms with Crippen molar-refractivity contribution in [3.8, 4) is 6.01 Å². The highest BCUT2D eigenvalue weighted by Crippen LogP contribution is 2.57. The van der Waals surface area contributed by atoms with Gasteiger partial charge in [0.1, 0.15) is 23.5 Å². The van der Waals surface area contributed by atoms with Crippen molar-refractivity contribution in [1.82, 2.24) is 19.8 Å². The number of allylic oxidation sites excluding steroid dienone is 2. The topological polar surface area (TPSA) is 120 Å². The summed E-state index contributed by atoms with van der Waals surface area (Å²) in [7, 11) is 0. The lowest BCUT2D eigenvalue weighted by Gasteiger charge is -2.30. The molecular formula is C35H48N4O6. The minimum absolute atomic E-state index is 0.00797. The first-order chi connectivity index (χ1) is 21.3. The monoisotopic (exact) mass is 620 g/mol. The van der Waals surface area contributed by atoms with Crippen molar-refractivity contribution >= 4 is 34.6 Å². The number of hydrogen-bond donors (Lipinski definition) is 1. The minimum atomic E-state index is -0.856. The fourth-order valence-electron chi connectivity index (χ4n) is 6.89. The second-order valence-electron chi connectivity index (χ2n) is 14.3. The largest absolute Gasteiger partial charge is 0.459 e. The van der Waals surface area contributed by atoms with E-state index in [1.807, 2.05) is 28.8 Å². The molecule has 1 saturated carbocycles. The number of rotatable bonds is 5. The molecule has 0 unspecified atom stereocenters. The van der Waals surface area contributed by atoms with Gasteiger partial charge in [0, 0.05) is 24.3 Å². The Morgan fingerprint density at radius 3 is 2.58 bits per heavy atom. The van der Waals surface area contributed by atoms with Crippen LogP contribution in [-0.4, -0.2) is 68.4 Å².